The number of hydrogen-bond acceptors (Lipinski definition) is 20. The minimum atomic E-state index is -5.83. The zero-order valence-electron chi connectivity index (χ0n) is 45.8. The van der Waals surface area contributed by atoms with Crippen LogP contribution in [0.15, 0.2) is 88.6 Å². The normalized spacial score (nSPS) is 21.7. The number of imidazole rings is 1. The van der Waals surface area contributed by atoms with Crippen molar-refractivity contribution >= 4 is 89.6 Å². The molecule has 3 aliphatic heterocycles. The van der Waals surface area contributed by atoms with Crippen molar-refractivity contribution in [2.45, 2.75) is 131 Å². The molecule has 1 saturated heterocycles. The van der Waals surface area contributed by atoms with E-state index in [4.69, 9.17) is 20.3 Å². The Balaban J connectivity index is 0.879. The summed E-state index contributed by atoms with van der Waals surface area (Å²) in [4.78, 5) is 64.0. The van der Waals surface area contributed by atoms with Gasteiger partial charge in [-0.3, -0.25) is 23.0 Å². The van der Waals surface area contributed by atoms with Gasteiger partial charge in [0.15, 0.2) is 28.9 Å². The van der Waals surface area contributed by atoms with Gasteiger partial charge in [-0.05, 0) is 88.4 Å². The summed E-state index contributed by atoms with van der Waals surface area (Å²) in [7, 11) is -25.9. The molecule has 0 bridgehead atoms. The number of carbonyl (C=O) groups is 1. The molecule has 3 aliphatic rings. The van der Waals surface area contributed by atoms with Crippen LogP contribution in [-0.2, 0) is 67.4 Å². The van der Waals surface area contributed by atoms with Gasteiger partial charge in [0.1, 0.15) is 31.2 Å². The van der Waals surface area contributed by atoms with Crippen LogP contribution in [0.25, 0.3) is 11.2 Å². The SMILES string of the molecule is CCN1/C(=C/C=C/C=C/C2=[N+](CCCCCC(=O)NCCCCCCNc3nc4c(N)ncnc4n3[C@@H]3O[C@H](COP(=O)(O)OP(=O)(O)OP(=O)(O)O)[C@@H](O)[C@H]3O)c3ccc(S(=O)(=O)O)cc3C2(C)C)C(C)(C)c2cc(S(=O)(=O)O)ccc21. The van der Waals surface area contributed by atoms with Crippen LogP contribution < -0.4 is 21.3 Å². The fraction of sp³-hybridized carbons (Fsp3) is 0.490. The predicted molar refractivity (Wildman–Crippen MR) is 302 cm³/mol. The Morgan fingerprint density at radius 2 is 1.47 bits per heavy atom. The number of phosphoric ester groups is 1. The summed E-state index contributed by atoms with van der Waals surface area (Å²) < 4.78 is 124. The van der Waals surface area contributed by atoms with E-state index in [2.05, 4.69) is 48.2 Å². The lowest BCUT2D eigenvalue weighted by atomic mass is 9.81. The molecule has 0 aliphatic carbocycles. The van der Waals surface area contributed by atoms with E-state index in [1.165, 1.54) is 28.8 Å². The summed E-state index contributed by atoms with van der Waals surface area (Å²) in [6.45, 7) is 10.8. The first-order valence-corrected chi connectivity index (χ1v) is 33.6. The molecule has 83 heavy (non-hydrogen) atoms. The van der Waals surface area contributed by atoms with Gasteiger partial charge in [0.25, 0.3) is 20.2 Å². The summed E-state index contributed by atoms with van der Waals surface area (Å²) in [6.07, 6.45) is 9.23. The van der Waals surface area contributed by atoms with Crippen LogP contribution in [0.3, 0.4) is 0 Å². The number of nitrogens with one attached hydrogen (secondary N) is 2. The summed E-state index contributed by atoms with van der Waals surface area (Å²) in [5, 5.41) is 27.9. The molecule has 5 heterocycles. The number of fused-ring (bicyclic) bond motifs is 3. The number of carbonyl (C=O) groups excluding carboxylic acids is 1. The number of amides is 1. The van der Waals surface area contributed by atoms with E-state index >= 15 is 0 Å². The summed E-state index contributed by atoms with van der Waals surface area (Å²) in [6, 6.07) is 9.15. The van der Waals surface area contributed by atoms with Crippen LogP contribution in [0.2, 0.25) is 0 Å². The molecule has 0 radical (unpaired) electrons. The minimum absolute atomic E-state index is 0.0292. The Hall–Kier alpha value is -5.14. The third-order valence-corrected chi connectivity index (χ3v) is 19.8. The molecule has 7 rings (SSSR count). The van der Waals surface area contributed by atoms with E-state index < -0.39 is 85.7 Å². The number of nitrogen functional groups attached to an aromatic ring is 1. The lowest BCUT2D eigenvalue weighted by Crippen LogP contribution is -2.33. The number of aliphatic hydroxyl groups is 2. The molecule has 2 aromatic heterocycles. The largest absolute Gasteiger partial charge is 0.490 e. The second-order valence-electron chi connectivity index (χ2n) is 20.8. The smallest absolute Gasteiger partial charge is 0.387 e. The van der Waals surface area contributed by atoms with E-state index in [1.54, 1.807) is 12.1 Å². The van der Waals surface area contributed by atoms with Crippen molar-refractivity contribution in [3.8, 4) is 0 Å². The first kappa shape index (κ1) is 65.4. The Bertz CT molecular complexity index is 3610. The van der Waals surface area contributed by atoms with E-state index in [0.717, 1.165) is 53.1 Å². The first-order valence-electron chi connectivity index (χ1n) is 26.2. The van der Waals surface area contributed by atoms with Crippen LogP contribution in [0.5, 0.6) is 0 Å². The number of nitrogens with two attached hydrogens (primary N) is 1. The monoisotopic (exact) mass is 1260 g/mol. The highest BCUT2D eigenvalue weighted by Gasteiger charge is 2.49. The number of nitrogens with zero attached hydrogens (tertiary/aromatic N) is 6. The van der Waals surface area contributed by atoms with Gasteiger partial charge in [0, 0.05) is 67.0 Å². The topological polar surface area (TPSA) is 435 Å². The predicted octanol–water partition coefficient (Wildman–Crippen LogP) is 5.40. The van der Waals surface area contributed by atoms with E-state index in [1.807, 2.05) is 65.0 Å². The molecular weight excluding hydrogens is 1190 g/mol. The van der Waals surface area contributed by atoms with Gasteiger partial charge in [-0.25, -0.2) is 28.6 Å². The lowest BCUT2D eigenvalue weighted by molar-refractivity contribution is -0.438. The molecule has 29 nitrogen and oxygen atoms in total. The Labute approximate surface area is 478 Å². The molecule has 12 N–H and O–H groups in total. The van der Waals surface area contributed by atoms with Crippen LogP contribution in [-0.4, -0.2) is 143 Å². The van der Waals surface area contributed by atoms with Crippen molar-refractivity contribution in [2.24, 2.45) is 0 Å². The summed E-state index contributed by atoms with van der Waals surface area (Å²) in [5.74, 6) is -0.0346. The number of phosphoric acid groups is 3. The maximum atomic E-state index is 12.9. The van der Waals surface area contributed by atoms with Gasteiger partial charge in [0.05, 0.1) is 21.8 Å². The minimum Gasteiger partial charge on any atom is -0.387 e. The van der Waals surface area contributed by atoms with Crippen LogP contribution in [0, 0.1) is 0 Å². The maximum absolute atomic E-state index is 12.9. The number of aliphatic hydroxyl groups excluding tert-OH is 2. The van der Waals surface area contributed by atoms with E-state index in [9.17, 15) is 64.4 Å². The molecule has 4 aromatic rings. The van der Waals surface area contributed by atoms with Gasteiger partial charge in [-0.2, -0.15) is 30.0 Å². The van der Waals surface area contributed by atoms with Crippen molar-refractivity contribution in [3.05, 3.63) is 89.9 Å². The van der Waals surface area contributed by atoms with Crippen LogP contribution in [0.1, 0.15) is 103 Å². The molecule has 6 atom stereocenters. The number of anilines is 3. The zero-order valence-corrected chi connectivity index (χ0v) is 50.1. The Kier molecular flexibility index (Phi) is 20.4. The lowest BCUT2D eigenvalue weighted by Gasteiger charge is -2.25. The highest BCUT2D eigenvalue weighted by atomic mass is 32.2. The van der Waals surface area contributed by atoms with Crippen LogP contribution in [0.4, 0.5) is 23.1 Å². The quantitative estimate of drug-likeness (QED) is 0.0111. The second kappa shape index (κ2) is 25.8. The summed E-state index contributed by atoms with van der Waals surface area (Å²) in [5.41, 5.74) is 9.94. The molecule has 34 heteroatoms. The van der Waals surface area contributed by atoms with Gasteiger partial charge in [0.2, 0.25) is 17.5 Å². The molecule has 0 spiro atoms. The molecule has 0 saturated carbocycles. The molecule has 2 aromatic carbocycles. The van der Waals surface area contributed by atoms with Crippen molar-refractivity contribution < 1.29 is 96.7 Å². The molecule has 456 valence electrons. The number of benzene rings is 2. The van der Waals surface area contributed by atoms with Crippen LogP contribution >= 0.6 is 23.5 Å². The van der Waals surface area contributed by atoms with Crippen molar-refractivity contribution in [1.82, 2.24) is 24.8 Å². The highest BCUT2D eigenvalue weighted by Crippen LogP contribution is 2.66. The first-order chi connectivity index (χ1) is 38.7. The summed E-state index contributed by atoms with van der Waals surface area (Å²) >= 11 is 0. The van der Waals surface area contributed by atoms with Crippen molar-refractivity contribution in [3.63, 3.8) is 0 Å². The number of rotatable bonds is 28. The van der Waals surface area contributed by atoms with Gasteiger partial charge >= 0.3 is 23.5 Å². The number of allylic oxidation sites excluding steroid dienone is 6. The van der Waals surface area contributed by atoms with E-state index in [-0.39, 0.29) is 38.6 Å². The van der Waals surface area contributed by atoms with Crippen molar-refractivity contribution in [2.75, 3.05) is 48.7 Å². The third-order valence-electron chi connectivity index (χ3n) is 14.3. The molecule has 1 fully saturated rings. The Morgan fingerprint density at radius 3 is 2.13 bits per heavy atom. The average Bonchev–Trinajstić information content (AvgIpc) is 4.15. The van der Waals surface area contributed by atoms with Gasteiger partial charge < -0.3 is 55.8 Å². The number of likely N-dealkylation sites (N-methyl/N-ethyl adjacent to an activating group) is 1. The highest BCUT2D eigenvalue weighted by molar-refractivity contribution is 7.86. The average molecular weight is 1260 g/mol. The van der Waals surface area contributed by atoms with Gasteiger partial charge in [-0.15, -0.1) is 0 Å². The zero-order chi connectivity index (χ0) is 61.1. The Morgan fingerprint density at radius 1 is 0.819 bits per heavy atom. The molecule has 1 amide bonds. The number of unbranched alkanes of at least 4 members (excludes halogenated alkanes) is 5. The number of ether oxygens (including phenoxy) is 1. The number of hydrogen-bond donors (Lipinski definition) is 11. The molecule has 2 unspecified atom stereocenters. The standard InChI is InChI=1S/C49H68N9O20P3S2/c1-6-56-35-22-20-31(82(69,70)71)27-33(35)48(2,3)38(56)17-11-9-12-18-39-49(4,5)34-28-32(83(72,73)74)21-23-36(34)57(39)26-16-10-13-19-40(59)51-24-14-7-8-15-25-52-47-55-41-44(50)53-30-54-45(41)58(47)46-43(61)42(60)37(76-46)29-75-80(65,66)78-81(67,68)77-79(62,63)64/h9,11-12,17-18,20-23,27-28,30,37,42-43,46,60-61H,6-8,10,13-16,19,24-26,29H2,1-5H3,(H9-,50,51,52,53,54,55,59,62,63,64,65,66,67,68,69,70,71,72,73,74)/p+1/t37-,42-,43-,46-/m1/s1. The fourth-order valence-electron chi connectivity index (χ4n) is 10.3. The van der Waals surface area contributed by atoms with Crippen molar-refractivity contribution in [1.29, 1.82) is 0 Å². The third kappa shape index (κ3) is 15.7. The molecular formula is C49H69N9O20P3S2+. The van der Waals surface area contributed by atoms with Gasteiger partial charge in [-0.1, -0.05) is 44.9 Å². The fourth-order valence-corrected chi connectivity index (χ4v) is 14.3. The second-order valence-corrected chi connectivity index (χ2v) is 28.1. The maximum Gasteiger partial charge on any atom is 0.490 e. The van der Waals surface area contributed by atoms with E-state index in [0.29, 0.717) is 64.7 Å². The number of aromatic nitrogens is 4.